The van der Waals surface area contributed by atoms with Gasteiger partial charge in [0.05, 0.1) is 25.1 Å². The zero-order chi connectivity index (χ0) is 20.8. The minimum Gasteiger partial charge on any atom is -0.520 e. The Morgan fingerprint density at radius 1 is 1.21 bits per heavy atom. The van der Waals surface area contributed by atoms with Crippen LogP contribution in [0.15, 0.2) is 24.3 Å². The van der Waals surface area contributed by atoms with E-state index in [-0.39, 0.29) is 12.2 Å². The molecule has 0 spiro atoms. The molecule has 0 aliphatic rings. The molecule has 0 fully saturated rings. The summed E-state index contributed by atoms with van der Waals surface area (Å²) in [5.41, 5.74) is 1.51. The average molecular weight is 679 g/mol. The van der Waals surface area contributed by atoms with Crippen LogP contribution in [0.25, 0.3) is 0 Å². The van der Waals surface area contributed by atoms with E-state index in [2.05, 4.69) is 15.4 Å². The van der Waals surface area contributed by atoms with Crippen molar-refractivity contribution >= 4 is 52.0 Å². The Kier molecular flexibility index (Phi) is 8.05. The molecule has 10 heteroatoms. The molecule has 0 aliphatic heterocycles. The van der Waals surface area contributed by atoms with Crippen molar-refractivity contribution in [2.75, 3.05) is 12.4 Å². The molecular formula is C19H18ClFmN2O5S-. The molecule has 0 aliphatic carbocycles. The first-order valence-corrected chi connectivity index (χ1v) is 9.38. The van der Waals surface area contributed by atoms with Gasteiger partial charge in [-0.25, -0.2) is 0 Å². The van der Waals surface area contributed by atoms with Crippen molar-refractivity contribution in [2.24, 2.45) is 0 Å². The Bertz CT molecular complexity index is 914. The molecule has 1 atom stereocenters. The number of anilines is 1. The second-order valence-corrected chi connectivity index (χ2v) is 7.55. The van der Waals surface area contributed by atoms with E-state index in [9.17, 15) is 19.2 Å². The third-order valence-corrected chi connectivity index (χ3v) is 5.48. The number of nitrogens with one attached hydrogen (secondary N) is 2. The van der Waals surface area contributed by atoms with Crippen LogP contribution in [-0.2, 0) is 19.1 Å². The van der Waals surface area contributed by atoms with Gasteiger partial charge in [0, 0.05) is 15.5 Å². The molecule has 2 aromatic rings. The number of benzene rings is 1. The monoisotopic (exact) mass is 678 g/mol. The summed E-state index contributed by atoms with van der Waals surface area (Å²) in [6.07, 6.45) is 1.04. The molecule has 0 saturated carbocycles. The van der Waals surface area contributed by atoms with Gasteiger partial charge in [0.15, 0.2) is 5.78 Å². The summed E-state index contributed by atoms with van der Waals surface area (Å²) < 4.78 is 4.53. The summed E-state index contributed by atoms with van der Waals surface area (Å²) in [5, 5.41) is 5.64. The Labute approximate surface area is 171 Å². The van der Waals surface area contributed by atoms with E-state index < -0.39 is 17.9 Å². The number of ether oxygens (including phenoxy) is 1. The van der Waals surface area contributed by atoms with Gasteiger partial charge in [-0.1, -0.05) is 11.6 Å². The van der Waals surface area contributed by atoms with Gasteiger partial charge < -0.3 is 20.2 Å². The molecule has 1 aromatic heterocycles. The van der Waals surface area contributed by atoms with E-state index in [1.165, 1.54) is 24.9 Å². The van der Waals surface area contributed by atoms with Crippen LogP contribution in [0, 0.1) is 13.8 Å². The summed E-state index contributed by atoms with van der Waals surface area (Å²) >= 11 is 7.11. The van der Waals surface area contributed by atoms with Gasteiger partial charge in [-0.2, -0.15) is 6.41 Å². The smallest absolute Gasteiger partial charge is 0.308 e. The van der Waals surface area contributed by atoms with Gasteiger partial charge in [-0.15, -0.1) is 11.3 Å². The largest absolute Gasteiger partial charge is 0.520 e. The van der Waals surface area contributed by atoms with Crippen molar-refractivity contribution in [3.8, 4) is 0 Å². The van der Waals surface area contributed by atoms with Crippen molar-refractivity contribution < 1.29 is 23.9 Å². The number of hydrogen-bond acceptors (Lipinski definition) is 6. The first-order valence-electron chi connectivity index (χ1n) is 8.19. The zero-order valence-electron chi connectivity index (χ0n) is 15.7. The molecule has 0 radical (unpaired) electrons. The van der Waals surface area contributed by atoms with Crippen molar-refractivity contribution in [3.63, 3.8) is 0 Å². The molecular weight excluding hydrogens is 661 g/mol. The number of ketones is 1. The molecule has 0 bridgehead atoms. The number of esters is 1. The van der Waals surface area contributed by atoms with E-state index in [0.717, 1.165) is 10.4 Å². The molecule has 7 nitrogen and oxygen atoms in total. The van der Waals surface area contributed by atoms with E-state index in [1.54, 1.807) is 31.2 Å². The maximum atomic E-state index is 13.0. The minimum atomic E-state index is -1.17. The van der Waals surface area contributed by atoms with Crippen LogP contribution in [0.2, 0.25) is 5.02 Å². The van der Waals surface area contributed by atoms with Crippen molar-refractivity contribution in [3.05, 3.63) is 50.9 Å². The second-order valence-electron chi connectivity index (χ2n) is 5.89. The molecule has 1 aromatic carbocycles. The van der Waals surface area contributed by atoms with Crippen molar-refractivity contribution in [1.29, 1.82) is 0 Å². The predicted octanol–water partition coefficient (Wildman–Crippen LogP) is 2.78. The number of halogens is 1. The number of methoxy groups -OCH3 is 1. The van der Waals surface area contributed by atoms with Gasteiger partial charge in [0.2, 0.25) is 5.91 Å². The van der Waals surface area contributed by atoms with Crippen LogP contribution in [0.4, 0.5) is 5.00 Å². The quantitative estimate of drug-likeness (QED) is 0.194. The second kappa shape index (κ2) is 10.0. The Hall–Kier alpha value is -3.71. The first-order chi connectivity index (χ1) is 13.3. The van der Waals surface area contributed by atoms with Gasteiger partial charge in [0.25, 0.3) is 0 Å². The summed E-state index contributed by atoms with van der Waals surface area (Å²) in [7, 11) is 1.18. The number of rotatable bonds is 8. The maximum absolute atomic E-state index is 13.0. The fourth-order valence-electron chi connectivity index (χ4n) is 2.46. The third kappa shape index (κ3) is 5.40. The molecule has 29 heavy (non-hydrogen) atoms. The normalized spacial score (nSPS) is 11.0. The van der Waals surface area contributed by atoms with Crippen LogP contribution in [0.5, 0.6) is 0 Å². The topological polar surface area (TPSA) is 102 Å². The van der Waals surface area contributed by atoms with Crippen molar-refractivity contribution in [2.45, 2.75) is 26.3 Å². The Morgan fingerprint density at radius 2 is 1.83 bits per heavy atom. The average Bonchev–Trinajstić information content (AvgIpc) is 2.94. The van der Waals surface area contributed by atoms with Crippen LogP contribution >= 0.6 is 22.9 Å². The van der Waals surface area contributed by atoms with E-state index in [0.29, 0.717) is 21.2 Å². The molecule has 2 amide bonds. The van der Waals surface area contributed by atoms with E-state index >= 15 is 0 Å². The van der Waals surface area contributed by atoms with Gasteiger partial charge in [0.1, 0.15) is 5.00 Å². The molecule has 2 rings (SSSR count). The molecule has 0 saturated heterocycles. The molecule has 2 N–H and O–H groups in total. The molecule has 160 valence electrons. The number of amides is 2. The third-order valence-electron chi connectivity index (χ3n) is 4.10. The summed E-state index contributed by atoms with van der Waals surface area (Å²) in [4.78, 5) is 48.5. The summed E-state index contributed by atoms with van der Waals surface area (Å²) in [5.74, 6) is -1.59. The fraction of sp³-hybridized carbons (Fsp3) is 0.263. The van der Waals surface area contributed by atoms with Crippen LogP contribution < -0.4 is 10.6 Å². The molecule has 0 unspecified atom stereocenters. The Morgan fingerprint density at radius 3 is 2.38 bits per heavy atom. The molecule has 1 heterocycles. The minimum absolute atomic E-state index is 0. The van der Waals surface area contributed by atoms with Crippen LogP contribution in [-0.4, -0.2) is 37.2 Å². The maximum Gasteiger partial charge on any atom is 0.308 e. The van der Waals surface area contributed by atoms with Gasteiger partial charge in [-0.05, 0) is 43.7 Å². The fourth-order valence-corrected chi connectivity index (χ4v) is 3.65. The number of hydrogen-bond donors (Lipinski definition) is 2. The standard InChI is InChI=1S/C19H18ClN2O5S.Fm/c1-10-11(2)28-19(16(10)17(25)12-4-6-13(20)7-5-12)22-18(26)14(21-9-23)8-15(24)27-3;/h4-7,14H,8H2,1-3H3,(H,21,23)(H,22,26);/q-1;/t14-;/m1./s1. The van der Waals surface area contributed by atoms with Crippen LogP contribution in [0.3, 0.4) is 0 Å². The number of thiophene rings is 1. The number of aryl methyl sites for hydroxylation is 1. The van der Waals surface area contributed by atoms with Gasteiger partial charge >= 0.3 is 5.97 Å². The van der Waals surface area contributed by atoms with Crippen LogP contribution in [0.1, 0.15) is 32.8 Å². The van der Waals surface area contributed by atoms with E-state index in [4.69, 9.17) is 11.6 Å². The van der Waals surface area contributed by atoms with E-state index in [1.807, 2.05) is 6.92 Å². The summed E-state index contributed by atoms with van der Waals surface area (Å²) in [6, 6.07) is 5.25. The van der Waals surface area contributed by atoms with Crippen molar-refractivity contribution in [1.82, 2.24) is 5.32 Å². The Balaban J connectivity index is 0.00000420. The van der Waals surface area contributed by atoms with Gasteiger partial charge in [-0.3, -0.25) is 14.4 Å². The summed E-state index contributed by atoms with van der Waals surface area (Å²) in [6.45, 7) is 3.62. The predicted molar refractivity (Wildman–Crippen MR) is 107 cm³/mol. The first kappa shape index (κ1) is 23.3. The number of carbonyl (C=O) groups excluding carboxylic acids is 4. The SMILES string of the molecule is COC(=O)C[C@@H](N[C-]=O)C(=O)Nc1sc(C)c(C)c1C(=O)c1ccc(Cl)cc1.[Fm]. The number of carbonyl (C=O) groups is 3. The zero-order valence-corrected chi connectivity index (χ0v) is 19.7.